The topological polar surface area (TPSA) is 107 Å². The molecule has 0 saturated carbocycles. The van der Waals surface area contributed by atoms with Gasteiger partial charge in [-0.25, -0.2) is 36.5 Å². The number of aromatic carboxylic acids is 1. The summed E-state index contributed by atoms with van der Waals surface area (Å²) in [6.07, 6.45) is -5.63. The molecule has 1 atom stereocenters. The number of aromatic amines is 1. The molecule has 15 heteroatoms. The zero-order valence-electron chi connectivity index (χ0n) is 22.0. The van der Waals surface area contributed by atoms with Crippen molar-refractivity contribution in [1.82, 2.24) is 14.9 Å². The lowest BCUT2D eigenvalue weighted by Gasteiger charge is -2.16. The van der Waals surface area contributed by atoms with Crippen molar-refractivity contribution in [2.75, 3.05) is 13.1 Å². The molecule has 5 rings (SSSR count). The molecular weight excluding hydrogens is 594 g/mol. The molecule has 0 unspecified atom stereocenters. The smallest absolute Gasteiger partial charge is 0.478 e. The van der Waals surface area contributed by atoms with Crippen LogP contribution in [-0.4, -0.2) is 62.5 Å². The van der Waals surface area contributed by atoms with Crippen molar-refractivity contribution < 1.29 is 54.9 Å². The normalized spacial score (nSPS) is 15.4. The Labute approximate surface area is 237 Å². The number of carbonyl (C=O) groups is 2. The zero-order chi connectivity index (χ0) is 31.8. The van der Waals surface area contributed by atoms with Crippen molar-refractivity contribution in [3.05, 3.63) is 76.6 Å². The molecule has 3 aromatic carbocycles. The molecule has 1 fully saturated rings. The van der Waals surface area contributed by atoms with Crippen LogP contribution in [-0.2, 0) is 11.3 Å². The molecule has 7 nitrogen and oxygen atoms in total. The minimum atomic E-state index is -5.08. The van der Waals surface area contributed by atoms with E-state index < -0.39 is 58.7 Å². The van der Waals surface area contributed by atoms with Crippen LogP contribution in [0.2, 0.25) is 0 Å². The number of alkyl halides is 4. The Morgan fingerprint density at radius 2 is 1.56 bits per heavy atom. The van der Waals surface area contributed by atoms with E-state index in [1.165, 1.54) is 24.3 Å². The number of nitrogens with zero attached hydrogens (tertiary/aromatic N) is 2. The Kier molecular flexibility index (Phi) is 8.76. The van der Waals surface area contributed by atoms with E-state index in [4.69, 9.17) is 9.90 Å². The van der Waals surface area contributed by atoms with Gasteiger partial charge in [0.15, 0.2) is 23.3 Å². The number of rotatable bonds is 5. The summed E-state index contributed by atoms with van der Waals surface area (Å²) in [5.41, 5.74) is -1.89. The van der Waals surface area contributed by atoms with Gasteiger partial charge in [-0.05, 0) is 48.2 Å². The number of likely N-dealkylation sites (tertiary alicyclic amines) is 1. The third-order valence-electron chi connectivity index (χ3n) is 6.57. The van der Waals surface area contributed by atoms with Crippen molar-refractivity contribution in [2.45, 2.75) is 32.2 Å². The number of benzene rings is 3. The van der Waals surface area contributed by atoms with Crippen molar-refractivity contribution in [3.8, 4) is 22.3 Å². The highest BCUT2D eigenvalue weighted by molar-refractivity contribution is 6.03. The van der Waals surface area contributed by atoms with Gasteiger partial charge in [-0.3, -0.25) is 4.90 Å². The van der Waals surface area contributed by atoms with Crippen LogP contribution in [0.5, 0.6) is 0 Å². The van der Waals surface area contributed by atoms with E-state index in [2.05, 4.69) is 9.97 Å². The zero-order valence-corrected chi connectivity index (χ0v) is 22.0. The minimum absolute atomic E-state index is 0.0519. The van der Waals surface area contributed by atoms with Gasteiger partial charge in [0.1, 0.15) is 17.5 Å². The number of imidazole rings is 1. The monoisotopic (exact) mass is 615 g/mol. The van der Waals surface area contributed by atoms with Gasteiger partial charge in [-0.2, -0.15) is 13.2 Å². The molecule has 0 spiro atoms. The second-order valence-electron chi connectivity index (χ2n) is 9.68. The van der Waals surface area contributed by atoms with Crippen LogP contribution >= 0.6 is 0 Å². The summed E-state index contributed by atoms with van der Waals surface area (Å²) in [5.74, 6) is -10.3. The molecule has 3 N–H and O–H groups in total. The summed E-state index contributed by atoms with van der Waals surface area (Å²) >= 11 is 0. The molecular formula is C28H21F8N3O4. The van der Waals surface area contributed by atoms with Crippen LogP contribution in [0, 0.1) is 30.2 Å². The van der Waals surface area contributed by atoms with E-state index in [9.17, 15) is 27.5 Å². The van der Waals surface area contributed by atoms with Crippen LogP contribution in [0.15, 0.2) is 36.4 Å². The maximum Gasteiger partial charge on any atom is 0.490 e. The largest absolute Gasteiger partial charge is 0.490 e. The van der Waals surface area contributed by atoms with Gasteiger partial charge in [0, 0.05) is 19.6 Å². The van der Waals surface area contributed by atoms with Gasteiger partial charge in [0.25, 0.3) is 0 Å². The number of hydrogen-bond acceptors (Lipinski definition) is 4. The number of fused-ring (bicyclic) bond motifs is 1. The van der Waals surface area contributed by atoms with Crippen molar-refractivity contribution >= 4 is 23.0 Å². The third kappa shape index (κ3) is 6.61. The summed E-state index contributed by atoms with van der Waals surface area (Å²) in [6, 6.07) is 8.04. The second-order valence-corrected chi connectivity index (χ2v) is 9.68. The predicted octanol–water partition coefficient (Wildman–Crippen LogP) is 6.64. The highest BCUT2D eigenvalue weighted by atomic mass is 19.4. The molecule has 2 heterocycles. The number of aliphatic carboxylic acids is 1. The summed E-state index contributed by atoms with van der Waals surface area (Å²) in [7, 11) is 0. The first-order valence-electron chi connectivity index (χ1n) is 12.4. The van der Waals surface area contributed by atoms with E-state index in [-0.39, 0.29) is 34.3 Å². The average molecular weight is 615 g/mol. The summed E-state index contributed by atoms with van der Waals surface area (Å²) in [4.78, 5) is 29.3. The number of carboxylic acid groups (broad SMARTS) is 2. The highest BCUT2D eigenvalue weighted by Crippen LogP contribution is 2.38. The van der Waals surface area contributed by atoms with Crippen LogP contribution < -0.4 is 0 Å². The van der Waals surface area contributed by atoms with Crippen molar-refractivity contribution in [2.24, 2.45) is 0 Å². The molecule has 1 aliphatic rings. The maximum absolute atomic E-state index is 15.3. The fourth-order valence-corrected chi connectivity index (χ4v) is 4.70. The van der Waals surface area contributed by atoms with Gasteiger partial charge in [-0.15, -0.1) is 0 Å². The van der Waals surface area contributed by atoms with Gasteiger partial charge >= 0.3 is 18.1 Å². The predicted molar refractivity (Wildman–Crippen MR) is 137 cm³/mol. The van der Waals surface area contributed by atoms with Gasteiger partial charge in [-0.1, -0.05) is 18.2 Å². The number of halogens is 8. The number of nitrogens with one attached hydrogen (secondary N) is 1. The Morgan fingerprint density at radius 3 is 2.07 bits per heavy atom. The Morgan fingerprint density at radius 1 is 0.977 bits per heavy atom. The first-order valence-corrected chi connectivity index (χ1v) is 12.4. The Balaban J connectivity index is 0.000000541. The molecule has 1 aliphatic heterocycles. The molecule has 4 aromatic rings. The number of aryl methyl sites for hydroxylation is 1. The maximum atomic E-state index is 15.3. The van der Waals surface area contributed by atoms with E-state index in [1.807, 2.05) is 4.90 Å². The number of H-pyrrole nitrogens is 1. The van der Waals surface area contributed by atoms with Gasteiger partial charge in [0.2, 0.25) is 0 Å². The fraction of sp³-hybridized carbons (Fsp3) is 0.250. The Hall–Kier alpha value is -4.53. The summed E-state index contributed by atoms with van der Waals surface area (Å²) < 4.78 is 106. The molecule has 0 bridgehead atoms. The molecule has 0 amide bonds. The number of hydrogen-bond donors (Lipinski definition) is 3. The fourth-order valence-electron chi connectivity index (χ4n) is 4.70. The average Bonchev–Trinajstić information content (AvgIpc) is 3.51. The van der Waals surface area contributed by atoms with Crippen LogP contribution in [0.4, 0.5) is 35.1 Å². The second kappa shape index (κ2) is 12.0. The SMILES string of the molecule is Cc1nc2c(C(=O)O)cc(-c3c(F)c(F)c(-c4cccc(CN5CC[C@@H](F)C5)c4)c(F)c3F)cc2[nH]1.O=C(O)C(F)(F)F. The lowest BCUT2D eigenvalue weighted by atomic mass is 9.95. The molecule has 228 valence electrons. The van der Waals surface area contributed by atoms with Gasteiger partial charge in [0.05, 0.1) is 22.2 Å². The standard InChI is InChI=1S/C26H20F5N3O2.C2HF3O2/c1-12-32-18-9-15(8-17(26(35)36)25(18)33-12)20-23(30)21(28)19(22(29)24(20)31)14-4-2-3-13(7-14)10-34-6-5-16(27)11-34;3-2(4,5)1(6)7/h2-4,7-9,16H,5-6,10-11H2,1H3,(H,32,33)(H,35,36);(H,6,7)/t16-;/m1./s1. The van der Waals surface area contributed by atoms with Crippen LogP contribution in [0.1, 0.15) is 28.2 Å². The molecule has 1 aromatic heterocycles. The van der Waals surface area contributed by atoms with Crippen LogP contribution in [0.25, 0.3) is 33.3 Å². The molecule has 0 aliphatic carbocycles. The number of carboxylic acids is 2. The third-order valence-corrected chi connectivity index (χ3v) is 6.57. The quantitative estimate of drug-likeness (QED) is 0.172. The van der Waals surface area contributed by atoms with Crippen LogP contribution in [0.3, 0.4) is 0 Å². The highest BCUT2D eigenvalue weighted by Gasteiger charge is 2.38. The van der Waals surface area contributed by atoms with E-state index in [0.29, 0.717) is 30.9 Å². The summed E-state index contributed by atoms with van der Waals surface area (Å²) in [6.45, 7) is 2.66. The minimum Gasteiger partial charge on any atom is -0.478 e. The van der Waals surface area contributed by atoms with Gasteiger partial charge < -0.3 is 15.2 Å². The molecule has 0 radical (unpaired) electrons. The lowest BCUT2D eigenvalue weighted by Crippen LogP contribution is -2.21. The van der Waals surface area contributed by atoms with E-state index >= 15 is 17.6 Å². The Bertz CT molecular complexity index is 1690. The first-order chi connectivity index (χ1) is 20.1. The summed E-state index contributed by atoms with van der Waals surface area (Å²) in [5, 5.41) is 16.7. The number of aromatic nitrogens is 2. The molecule has 1 saturated heterocycles. The van der Waals surface area contributed by atoms with Crippen molar-refractivity contribution in [3.63, 3.8) is 0 Å². The van der Waals surface area contributed by atoms with E-state index in [0.717, 1.165) is 6.07 Å². The first kappa shape index (κ1) is 31.4. The van der Waals surface area contributed by atoms with E-state index in [1.54, 1.807) is 13.0 Å². The molecule has 43 heavy (non-hydrogen) atoms. The van der Waals surface area contributed by atoms with Crippen molar-refractivity contribution in [1.29, 1.82) is 0 Å². The lowest BCUT2D eigenvalue weighted by molar-refractivity contribution is -0.192.